The van der Waals surface area contributed by atoms with Gasteiger partial charge in [0.15, 0.2) is 5.88 Å². The number of H-pyrrole nitrogens is 1. The number of aromatic nitrogens is 1. The minimum atomic E-state index is -1.03. The highest BCUT2D eigenvalue weighted by molar-refractivity contribution is 6.22. The molecule has 200 valence electrons. The number of aliphatic imine (C=N–C) groups is 1. The third-order valence-electron chi connectivity index (χ3n) is 7.82. The predicted molar refractivity (Wildman–Crippen MR) is 152 cm³/mol. The number of rotatable bonds is 8. The molecule has 0 radical (unpaired) electrons. The van der Waals surface area contributed by atoms with Crippen molar-refractivity contribution in [3.05, 3.63) is 94.5 Å². The fourth-order valence-corrected chi connectivity index (χ4v) is 5.20. The maximum atomic E-state index is 12.8. The van der Waals surface area contributed by atoms with E-state index in [2.05, 4.69) is 29.3 Å². The highest BCUT2D eigenvalue weighted by Crippen LogP contribution is 2.36. The third kappa shape index (κ3) is 5.03. The number of hydrogen-bond donors (Lipinski definition) is 4. The molecule has 3 aromatic carbocycles. The van der Waals surface area contributed by atoms with Crippen LogP contribution in [0.5, 0.6) is 5.88 Å². The summed E-state index contributed by atoms with van der Waals surface area (Å²) in [6.07, 6.45) is 3.33. The Bertz CT molecular complexity index is 1570. The van der Waals surface area contributed by atoms with E-state index in [-0.39, 0.29) is 22.9 Å². The van der Waals surface area contributed by atoms with Crippen molar-refractivity contribution in [1.29, 1.82) is 0 Å². The van der Waals surface area contributed by atoms with E-state index in [0.717, 1.165) is 18.4 Å². The summed E-state index contributed by atoms with van der Waals surface area (Å²) in [5, 5.41) is 24.2. The molecule has 0 saturated heterocycles. The molecule has 8 nitrogen and oxygen atoms in total. The molecule has 8 heteroatoms. The molecule has 5 rings (SSSR count). The van der Waals surface area contributed by atoms with Gasteiger partial charge < -0.3 is 25.4 Å². The number of carbonyl (C=O) groups excluding carboxylic acids is 1. The highest BCUT2D eigenvalue weighted by atomic mass is 16.4. The van der Waals surface area contributed by atoms with Gasteiger partial charge in [-0.1, -0.05) is 30.3 Å². The Balaban J connectivity index is 1.49. The minimum Gasteiger partial charge on any atom is -0.494 e. The molecule has 0 spiro atoms. The van der Waals surface area contributed by atoms with Crippen molar-refractivity contribution in [2.45, 2.75) is 31.7 Å². The van der Waals surface area contributed by atoms with Gasteiger partial charge in [-0.15, -0.1) is 0 Å². The summed E-state index contributed by atoms with van der Waals surface area (Å²) in [4.78, 5) is 34.5. The van der Waals surface area contributed by atoms with Crippen LogP contribution in [0.4, 0.5) is 5.69 Å². The fourth-order valence-electron chi connectivity index (χ4n) is 5.20. The zero-order valence-electron chi connectivity index (χ0n) is 22.3. The average Bonchev–Trinajstić information content (AvgIpc) is 3.20. The number of nitrogens with one attached hydrogen (secondary N) is 2. The molecule has 1 heterocycles. The van der Waals surface area contributed by atoms with Gasteiger partial charge in [0.2, 0.25) is 0 Å². The van der Waals surface area contributed by atoms with Gasteiger partial charge in [0.25, 0.3) is 5.91 Å². The van der Waals surface area contributed by atoms with Gasteiger partial charge in [0.1, 0.15) is 0 Å². The molecule has 1 aliphatic rings. The van der Waals surface area contributed by atoms with Gasteiger partial charge in [-0.3, -0.25) is 4.79 Å². The number of likely N-dealkylation sites (N-methyl/N-ethyl adjacent to an activating group) is 1. The summed E-state index contributed by atoms with van der Waals surface area (Å²) < 4.78 is 0. The van der Waals surface area contributed by atoms with E-state index in [0.29, 0.717) is 45.5 Å². The van der Waals surface area contributed by atoms with Gasteiger partial charge in [0, 0.05) is 34.1 Å². The number of aryl methyl sites for hydroxylation is 1. The van der Waals surface area contributed by atoms with Crippen LogP contribution in [0.1, 0.15) is 56.7 Å². The summed E-state index contributed by atoms with van der Waals surface area (Å²) in [6.45, 7) is 2.34. The maximum Gasteiger partial charge on any atom is 0.336 e. The Hall–Kier alpha value is -4.43. The quantitative estimate of drug-likeness (QED) is 0.235. The summed E-state index contributed by atoms with van der Waals surface area (Å²) in [6, 6.07) is 19.8. The van der Waals surface area contributed by atoms with Crippen LogP contribution in [0, 0.1) is 6.92 Å². The van der Waals surface area contributed by atoms with Crippen molar-refractivity contribution in [2.75, 3.05) is 20.6 Å². The molecule has 39 heavy (non-hydrogen) atoms. The first-order valence-corrected chi connectivity index (χ1v) is 13.0. The second kappa shape index (κ2) is 10.4. The van der Waals surface area contributed by atoms with Gasteiger partial charge >= 0.3 is 5.97 Å². The lowest BCUT2D eigenvalue weighted by molar-refractivity contribution is 0.0557. The first kappa shape index (κ1) is 26.2. The molecule has 1 fully saturated rings. The number of carboxylic acids is 1. The molecule has 1 saturated carbocycles. The third-order valence-corrected chi connectivity index (χ3v) is 7.82. The topological polar surface area (TPSA) is 118 Å². The van der Waals surface area contributed by atoms with E-state index in [1.54, 1.807) is 37.3 Å². The van der Waals surface area contributed by atoms with Crippen molar-refractivity contribution in [3.8, 4) is 5.88 Å². The van der Waals surface area contributed by atoms with Crippen LogP contribution in [0.15, 0.2) is 71.7 Å². The van der Waals surface area contributed by atoms with E-state index in [1.807, 2.05) is 30.3 Å². The van der Waals surface area contributed by atoms with Crippen LogP contribution in [-0.4, -0.2) is 63.9 Å². The normalized spacial score (nSPS) is 14.8. The predicted octanol–water partition coefficient (Wildman–Crippen LogP) is 5.26. The fraction of sp³-hybridized carbons (Fsp3) is 0.258. The van der Waals surface area contributed by atoms with Crippen LogP contribution in [-0.2, 0) is 0 Å². The van der Waals surface area contributed by atoms with E-state index in [4.69, 9.17) is 4.99 Å². The molecule has 0 atom stereocenters. The van der Waals surface area contributed by atoms with Crippen LogP contribution in [0.2, 0.25) is 0 Å². The molecule has 0 aliphatic heterocycles. The number of fused-ring (bicyclic) bond motifs is 1. The first-order valence-electron chi connectivity index (χ1n) is 13.0. The van der Waals surface area contributed by atoms with Gasteiger partial charge in [-0.05, 0) is 82.2 Å². The second-order valence-corrected chi connectivity index (χ2v) is 10.4. The number of carboxylic acid groups (broad SMARTS) is 1. The molecule has 1 aromatic heterocycles. The van der Waals surface area contributed by atoms with Crippen LogP contribution < -0.4 is 5.32 Å². The Morgan fingerprint density at radius 2 is 1.72 bits per heavy atom. The lowest BCUT2D eigenvalue weighted by Gasteiger charge is -2.47. The number of aromatic carboxylic acids is 1. The van der Waals surface area contributed by atoms with Crippen molar-refractivity contribution < 1.29 is 19.8 Å². The number of benzene rings is 3. The molecule has 4 aromatic rings. The van der Waals surface area contributed by atoms with Gasteiger partial charge in [0.05, 0.1) is 22.5 Å². The highest BCUT2D eigenvalue weighted by Gasteiger charge is 2.39. The summed E-state index contributed by atoms with van der Waals surface area (Å²) in [5.41, 5.74) is 4.23. The number of nitrogens with zero attached hydrogens (tertiary/aromatic N) is 2. The second-order valence-electron chi connectivity index (χ2n) is 10.4. The van der Waals surface area contributed by atoms with Gasteiger partial charge in [-0.2, -0.15) is 0 Å². The molecule has 4 N–H and O–H groups in total. The SMILES string of the molecule is Cc1cc2c(C(=Nc3ccc(C(=O)NCC4(N(C)C)CCC4)cc3)c3ccccc3)c(O)[nH]c2cc1C(=O)O. The number of aromatic amines is 1. The molecule has 1 amide bonds. The number of aromatic hydroxyl groups is 1. The molecule has 1 aliphatic carbocycles. The number of amides is 1. The Labute approximate surface area is 227 Å². The van der Waals surface area contributed by atoms with Crippen molar-refractivity contribution in [1.82, 2.24) is 15.2 Å². The lowest BCUT2D eigenvalue weighted by atomic mass is 9.75. The minimum absolute atomic E-state index is 0.0371. The zero-order valence-corrected chi connectivity index (χ0v) is 22.3. The number of hydrogen-bond acceptors (Lipinski definition) is 5. The van der Waals surface area contributed by atoms with Crippen LogP contribution in [0.3, 0.4) is 0 Å². The largest absolute Gasteiger partial charge is 0.494 e. The smallest absolute Gasteiger partial charge is 0.336 e. The van der Waals surface area contributed by atoms with E-state index < -0.39 is 5.97 Å². The first-order chi connectivity index (χ1) is 18.7. The number of carbonyl (C=O) groups is 2. The Morgan fingerprint density at radius 1 is 1.03 bits per heavy atom. The van der Waals surface area contributed by atoms with Crippen molar-refractivity contribution in [3.63, 3.8) is 0 Å². The summed E-state index contributed by atoms with van der Waals surface area (Å²) >= 11 is 0. The monoisotopic (exact) mass is 524 g/mol. The van der Waals surface area contributed by atoms with E-state index in [1.165, 1.54) is 12.5 Å². The van der Waals surface area contributed by atoms with Crippen LogP contribution in [0.25, 0.3) is 10.9 Å². The zero-order chi connectivity index (χ0) is 27.7. The molecular formula is C31H32N4O4. The molecular weight excluding hydrogens is 492 g/mol. The maximum absolute atomic E-state index is 12.8. The van der Waals surface area contributed by atoms with Gasteiger partial charge in [-0.25, -0.2) is 9.79 Å². The average molecular weight is 525 g/mol. The van der Waals surface area contributed by atoms with Crippen molar-refractivity contribution >= 4 is 34.2 Å². The molecule has 0 bridgehead atoms. The summed E-state index contributed by atoms with van der Waals surface area (Å²) in [7, 11) is 4.11. The van der Waals surface area contributed by atoms with Crippen molar-refractivity contribution in [2.24, 2.45) is 4.99 Å². The standard InChI is InChI=1S/C31H32N4O4/c1-19-16-24-25(17-23(19)30(38)39)34-29(37)26(24)27(20-8-5-4-6-9-20)33-22-12-10-21(11-13-22)28(36)32-18-31(35(2)3)14-7-15-31/h4-6,8-13,16-17,34,37H,7,14-15,18H2,1-3H3,(H,32,36)(H,38,39). The molecule has 0 unspecified atom stereocenters. The lowest BCUT2D eigenvalue weighted by Crippen LogP contribution is -2.57. The summed E-state index contributed by atoms with van der Waals surface area (Å²) in [5.74, 6) is -1.26. The van der Waals surface area contributed by atoms with E-state index in [9.17, 15) is 19.8 Å². The Kier molecular flexibility index (Phi) is 6.97. The van der Waals surface area contributed by atoms with E-state index >= 15 is 0 Å². The van der Waals surface area contributed by atoms with Crippen LogP contribution >= 0.6 is 0 Å². The Morgan fingerprint density at radius 3 is 2.31 bits per heavy atom.